The number of halogens is 4. The fraction of sp³-hybridized carbons (Fsp3) is 0.100. The fourth-order valence-electron chi connectivity index (χ4n) is 1.18. The van der Waals surface area contributed by atoms with Crippen molar-refractivity contribution in [3.8, 4) is 0 Å². The molecule has 0 aliphatic rings. The zero-order valence-electron chi connectivity index (χ0n) is 8.31. The van der Waals surface area contributed by atoms with Crippen molar-refractivity contribution in [3.05, 3.63) is 42.1 Å². The Morgan fingerprint density at radius 2 is 2.06 bits per heavy atom. The third kappa shape index (κ3) is 3.26. The molecule has 0 saturated heterocycles. The monoisotopic (exact) mass is 370 g/mol. The maximum atomic E-state index is 6.01. The molecule has 0 radical (unpaired) electrons. The van der Waals surface area contributed by atoms with Crippen molar-refractivity contribution in [2.24, 2.45) is 0 Å². The smallest absolute Gasteiger partial charge is 0.150 e. The molecule has 0 bridgehead atoms. The molecule has 2 aromatic rings. The van der Waals surface area contributed by atoms with Gasteiger partial charge in [0, 0.05) is 9.35 Å². The van der Waals surface area contributed by atoms with Crippen LogP contribution < -0.4 is 5.32 Å². The minimum Gasteiger partial charge on any atom is -0.364 e. The zero-order chi connectivity index (χ0) is 12.4. The molecule has 2 nitrogen and oxygen atoms in total. The lowest BCUT2D eigenvalue weighted by Gasteiger charge is -2.07. The summed E-state index contributed by atoms with van der Waals surface area (Å²) >= 11 is 22.7. The van der Waals surface area contributed by atoms with E-state index in [1.807, 2.05) is 11.4 Å². The lowest BCUT2D eigenvalue weighted by molar-refractivity contribution is 1.13. The standard InChI is InChI=1S/C10H6BrCl3N2S/c11-5-1-2-17-8(5)4-15-10-7(13)3-6(12)9(14)16-10/h1-3H,4H2,(H,15,16). The van der Waals surface area contributed by atoms with E-state index in [2.05, 4.69) is 26.2 Å². The molecule has 0 aromatic carbocycles. The molecular weight excluding hydrogens is 366 g/mol. The highest BCUT2D eigenvalue weighted by Gasteiger charge is 2.08. The van der Waals surface area contributed by atoms with Gasteiger partial charge in [0.2, 0.25) is 0 Å². The van der Waals surface area contributed by atoms with Crippen molar-refractivity contribution in [2.75, 3.05) is 5.32 Å². The Hall–Kier alpha value is -0.000000000000000111. The summed E-state index contributed by atoms with van der Waals surface area (Å²) in [6.45, 7) is 0.628. The van der Waals surface area contributed by atoms with Gasteiger partial charge in [0.1, 0.15) is 11.0 Å². The lowest BCUT2D eigenvalue weighted by Crippen LogP contribution is -2.01. The maximum absolute atomic E-state index is 6.01. The van der Waals surface area contributed by atoms with Gasteiger partial charge in [-0.05, 0) is 33.4 Å². The molecule has 0 saturated carbocycles. The van der Waals surface area contributed by atoms with Gasteiger partial charge in [0.25, 0.3) is 0 Å². The van der Waals surface area contributed by atoms with Crippen molar-refractivity contribution in [2.45, 2.75) is 6.54 Å². The molecule has 0 spiro atoms. The molecule has 2 heterocycles. The first-order chi connectivity index (χ1) is 8.08. The van der Waals surface area contributed by atoms with Crippen LogP contribution in [-0.2, 0) is 6.54 Å². The Morgan fingerprint density at radius 1 is 1.29 bits per heavy atom. The predicted molar refractivity (Wildman–Crippen MR) is 78.6 cm³/mol. The Labute approximate surface area is 126 Å². The molecule has 0 aliphatic carbocycles. The molecule has 0 aliphatic heterocycles. The van der Waals surface area contributed by atoms with Crippen LogP contribution in [0.1, 0.15) is 4.88 Å². The average molecular weight is 373 g/mol. The maximum Gasteiger partial charge on any atom is 0.150 e. The van der Waals surface area contributed by atoms with Crippen molar-refractivity contribution < 1.29 is 0 Å². The van der Waals surface area contributed by atoms with Gasteiger partial charge in [0.15, 0.2) is 0 Å². The summed E-state index contributed by atoms with van der Waals surface area (Å²) in [7, 11) is 0. The topological polar surface area (TPSA) is 24.9 Å². The Kier molecular flexibility index (Phi) is 4.55. The van der Waals surface area contributed by atoms with Gasteiger partial charge in [-0.25, -0.2) is 4.98 Å². The largest absolute Gasteiger partial charge is 0.364 e. The third-order valence-corrected chi connectivity index (χ3v) is 4.88. The van der Waals surface area contributed by atoms with Gasteiger partial charge >= 0.3 is 0 Å². The summed E-state index contributed by atoms with van der Waals surface area (Å²) in [5.41, 5.74) is 0. The number of thiophene rings is 1. The van der Waals surface area contributed by atoms with E-state index >= 15 is 0 Å². The van der Waals surface area contributed by atoms with Crippen LogP contribution in [0.4, 0.5) is 5.82 Å². The molecule has 1 N–H and O–H groups in total. The minimum absolute atomic E-state index is 0.240. The van der Waals surface area contributed by atoms with Crippen LogP contribution in [0.2, 0.25) is 15.2 Å². The van der Waals surface area contributed by atoms with Crippen LogP contribution in [-0.4, -0.2) is 4.98 Å². The number of anilines is 1. The third-order valence-electron chi connectivity index (χ3n) is 1.99. The SMILES string of the molecule is Clc1cc(Cl)c(NCc2sccc2Br)nc1Cl. The van der Waals surface area contributed by atoms with Crippen LogP contribution in [0.3, 0.4) is 0 Å². The highest BCUT2D eigenvalue weighted by atomic mass is 79.9. The molecule has 90 valence electrons. The first-order valence-corrected chi connectivity index (χ1v) is 7.36. The van der Waals surface area contributed by atoms with Crippen molar-refractivity contribution in [1.82, 2.24) is 4.98 Å². The molecule has 17 heavy (non-hydrogen) atoms. The number of pyridine rings is 1. The van der Waals surface area contributed by atoms with E-state index in [1.54, 1.807) is 17.4 Å². The second-order valence-electron chi connectivity index (χ2n) is 3.14. The zero-order valence-corrected chi connectivity index (χ0v) is 13.0. The highest BCUT2D eigenvalue weighted by Crippen LogP contribution is 2.30. The van der Waals surface area contributed by atoms with E-state index in [-0.39, 0.29) is 5.15 Å². The molecule has 0 atom stereocenters. The first kappa shape index (κ1) is 13.4. The Balaban J connectivity index is 2.14. The quantitative estimate of drug-likeness (QED) is 0.722. The Morgan fingerprint density at radius 3 is 2.71 bits per heavy atom. The van der Waals surface area contributed by atoms with Crippen LogP contribution in [0.5, 0.6) is 0 Å². The normalized spacial score (nSPS) is 10.6. The van der Waals surface area contributed by atoms with Crippen LogP contribution in [0, 0.1) is 0 Å². The second kappa shape index (κ2) is 5.76. The van der Waals surface area contributed by atoms with Gasteiger partial charge in [-0.1, -0.05) is 34.8 Å². The summed E-state index contributed by atoms with van der Waals surface area (Å²) in [6, 6.07) is 3.57. The first-order valence-electron chi connectivity index (χ1n) is 4.55. The summed E-state index contributed by atoms with van der Waals surface area (Å²) in [5.74, 6) is 0.529. The van der Waals surface area contributed by atoms with E-state index in [9.17, 15) is 0 Å². The fourth-order valence-corrected chi connectivity index (χ4v) is 3.18. The molecule has 7 heteroatoms. The molecule has 0 amide bonds. The van der Waals surface area contributed by atoms with Gasteiger partial charge in [-0.3, -0.25) is 0 Å². The van der Waals surface area contributed by atoms with Crippen molar-refractivity contribution in [1.29, 1.82) is 0 Å². The summed E-state index contributed by atoms with van der Waals surface area (Å²) in [6.07, 6.45) is 0. The van der Waals surface area contributed by atoms with Crippen LogP contribution in [0.15, 0.2) is 22.0 Å². The van der Waals surface area contributed by atoms with E-state index in [4.69, 9.17) is 34.8 Å². The van der Waals surface area contributed by atoms with Gasteiger partial charge < -0.3 is 5.32 Å². The Bertz CT molecular complexity index is 544. The number of aromatic nitrogens is 1. The van der Waals surface area contributed by atoms with E-state index in [1.165, 1.54) is 0 Å². The van der Waals surface area contributed by atoms with Crippen molar-refractivity contribution >= 4 is 67.9 Å². The highest BCUT2D eigenvalue weighted by molar-refractivity contribution is 9.10. The molecule has 2 rings (SSSR count). The molecule has 0 unspecified atom stereocenters. The number of hydrogen-bond donors (Lipinski definition) is 1. The van der Waals surface area contributed by atoms with Crippen molar-refractivity contribution in [3.63, 3.8) is 0 Å². The number of rotatable bonds is 3. The van der Waals surface area contributed by atoms with Gasteiger partial charge in [-0.2, -0.15) is 0 Å². The number of hydrogen-bond acceptors (Lipinski definition) is 3. The summed E-state index contributed by atoms with van der Waals surface area (Å²) in [5, 5.41) is 6.16. The molecule has 2 aromatic heterocycles. The van der Waals surface area contributed by atoms with Gasteiger partial charge in [0.05, 0.1) is 16.6 Å². The second-order valence-corrected chi connectivity index (χ2v) is 6.16. The van der Waals surface area contributed by atoms with Crippen LogP contribution in [0.25, 0.3) is 0 Å². The summed E-state index contributed by atoms with van der Waals surface area (Å²) in [4.78, 5) is 5.24. The molecule has 0 fully saturated rings. The van der Waals surface area contributed by atoms with Crippen LogP contribution >= 0.6 is 62.1 Å². The molecular formula is C10H6BrCl3N2S. The number of nitrogens with one attached hydrogen (secondary N) is 1. The minimum atomic E-state index is 0.240. The van der Waals surface area contributed by atoms with E-state index < -0.39 is 0 Å². The average Bonchev–Trinajstić information content (AvgIpc) is 2.68. The predicted octanol–water partition coefficient (Wildman–Crippen LogP) is 5.48. The number of nitrogens with zero attached hydrogens (tertiary/aromatic N) is 1. The van der Waals surface area contributed by atoms with E-state index in [0.717, 1.165) is 9.35 Å². The van der Waals surface area contributed by atoms with Gasteiger partial charge in [-0.15, -0.1) is 11.3 Å². The van der Waals surface area contributed by atoms with E-state index in [0.29, 0.717) is 22.4 Å². The lowest BCUT2D eigenvalue weighted by atomic mass is 10.4. The summed E-state index contributed by atoms with van der Waals surface area (Å²) < 4.78 is 1.06.